The maximum absolute atomic E-state index is 12.3. The molecule has 0 unspecified atom stereocenters. The van der Waals surface area contributed by atoms with Crippen LogP contribution in [0.1, 0.15) is 36.1 Å². The van der Waals surface area contributed by atoms with Crippen LogP contribution < -0.4 is 16.2 Å². The van der Waals surface area contributed by atoms with Crippen LogP contribution in [0.2, 0.25) is 0 Å². The molecule has 0 fully saturated rings. The molecule has 0 radical (unpaired) electrons. The molecule has 2 heterocycles. The monoisotopic (exact) mass is 430 g/mol. The number of hydrogen-bond acceptors (Lipinski definition) is 5. The molecule has 0 bridgehead atoms. The molecule has 154 valence electrons. The van der Waals surface area contributed by atoms with Crippen LogP contribution in [-0.2, 0) is 6.54 Å². The molecule has 3 N–H and O–H groups in total. The number of rotatable bonds is 5. The fourth-order valence-corrected chi connectivity index (χ4v) is 3.53. The number of thiophene rings is 1. The first-order valence-corrected chi connectivity index (χ1v) is 10.4. The quantitative estimate of drug-likeness (QED) is 0.423. The van der Waals surface area contributed by atoms with Crippen molar-refractivity contribution in [3.63, 3.8) is 0 Å². The van der Waals surface area contributed by atoms with E-state index in [9.17, 15) is 14.4 Å². The van der Waals surface area contributed by atoms with Crippen molar-refractivity contribution in [1.29, 1.82) is 0 Å². The van der Waals surface area contributed by atoms with Crippen LogP contribution in [0.25, 0.3) is 10.9 Å². The smallest absolute Gasteiger partial charge is 0.288 e. The first kappa shape index (κ1) is 20.2. The Bertz CT molecular complexity index is 1240. The summed E-state index contributed by atoms with van der Waals surface area (Å²) in [6, 6.07) is 21.2. The van der Waals surface area contributed by atoms with Crippen LogP contribution >= 0.6 is 11.3 Å². The van der Waals surface area contributed by atoms with Gasteiger partial charge in [-0.1, -0.05) is 42.5 Å². The second-order valence-corrected chi connectivity index (χ2v) is 7.60. The molecule has 2 aromatic carbocycles. The lowest BCUT2D eigenvalue weighted by molar-refractivity contribution is 0.0844. The van der Waals surface area contributed by atoms with Crippen LogP contribution in [0, 0.1) is 0 Å². The van der Waals surface area contributed by atoms with Gasteiger partial charge in [0.1, 0.15) is 5.69 Å². The highest BCUT2D eigenvalue weighted by Gasteiger charge is 2.11. The Morgan fingerprint density at radius 3 is 2.32 bits per heavy atom. The molecular weight excluding hydrogens is 412 g/mol. The predicted octanol–water partition coefficient (Wildman–Crippen LogP) is 3.30. The molecule has 4 rings (SSSR count). The van der Waals surface area contributed by atoms with E-state index in [0.29, 0.717) is 22.5 Å². The Hall–Kier alpha value is -4.04. The minimum atomic E-state index is -0.507. The van der Waals surface area contributed by atoms with Crippen LogP contribution in [0.3, 0.4) is 0 Å². The van der Waals surface area contributed by atoms with E-state index in [2.05, 4.69) is 21.2 Å². The summed E-state index contributed by atoms with van der Waals surface area (Å²) in [4.78, 5) is 41.5. The number of amides is 3. The van der Waals surface area contributed by atoms with Gasteiger partial charge in [-0.15, -0.1) is 11.3 Å². The summed E-state index contributed by atoms with van der Waals surface area (Å²) in [5.74, 6) is -1.10. The number of fused-ring (bicyclic) bond motifs is 1. The summed E-state index contributed by atoms with van der Waals surface area (Å²) in [6.45, 7) is 0.350. The predicted molar refractivity (Wildman–Crippen MR) is 119 cm³/mol. The van der Waals surface area contributed by atoms with E-state index in [0.717, 1.165) is 10.9 Å². The minimum absolute atomic E-state index is 0.137. The van der Waals surface area contributed by atoms with Crippen molar-refractivity contribution in [3.05, 3.63) is 99.9 Å². The zero-order valence-corrected chi connectivity index (χ0v) is 17.1. The van der Waals surface area contributed by atoms with Crippen LogP contribution in [0.15, 0.2) is 78.2 Å². The molecular formula is C23H18N4O3S. The normalized spacial score (nSPS) is 10.5. The van der Waals surface area contributed by atoms with Gasteiger partial charge in [-0.25, -0.2) is 4.98 Å². The van der Waals surface area contributed by atoms with Gasteiger partial charge in [0.15, 0.2) is 0 Å². The second kappa shape index (κ2) is 9.19. The third-order valence-electron chi connectivity index (χ3n) is 4.53. The van der Waals surface area contributed by atoms with Crippen molar-refractivity contribution < 1.29 is 14.4 Å². The molecule has 0 atom stereocenters. The number of hydrogen-bond donors (Lipinski definition) is 3. The highest BCUT2D eigenvalue weighted by atomic mass is 32.1. The van der Waals surface area contributed by atoms with Crippen molar-refractivity contribution in [2.75, 3.05) is 0 Å². The molecule has 8 heteroatoms. The van der Waals surface area contributed by atoms with Gasteiger partial charge in [0.2, 0.25) is 0 Å². The summed E-state index contributed by atoms with van der Waals surface area (Å²) in [7, 11) is 0. The van der Waals surface area contributed by atoms with Gasteiger partial charge >= 0.3 is 0 Å². The van der Waals surface area contributed by atoms with E-state index < -0.39 is 11.8 Å². The fraction of sp³-hybridized carbons (Fsp3) is 0.0435. The van der Waals surface area contributed by atoms with E-state index >= 15 is 0 Å². The number of aromatic nitrogens is 1. The van der Waals surface area contributed by atoms with Crippen molar-refractivity contribution >= 4 is 40.0 Å². The number of nitrogens with one attached hydrogen (secondary N) is 3. The van der Waals surface area contributed by atoms with Gasteiger partial charge in [0.05, 0.1) is 10.4 Å². The SMILES string of the molecule is O=C(NNC(=O)c1ccc2ccccc2n1)c1ccc(CNC(=O)c2cccs2)cc1. The molecule has 4 aromatic rings. The maximum Gasteiger partial charge on any atom is 0.288 e. The summed E-state index contributed by atoms with van der Waals surface area (Å²) in [6.07, 6.45) is 0. The number of para-hydroxylation sites is 1. The number of carbonyl (C=O) groups excluding carboxylic acids is 3. The molecule has 0 saturated heterocycles. The number of hydrazine groups is 1. The molecule has 31 heavy (non-hydrogen) atoms. The topological polar surface area (TPSA) is 100 Å². The van der Waals surface area contributed by atoms with Crippen molar-refractivity contribution in [1.82, 2.24) is 21.2 Å². The van der Waals surface area contributed by atoms with Crippen LogP contribution in [0.4, 0.5) is 0 Å². The van der Waals surface area contributed by atoms with Crippen LogP contribution in [0.5, 0.6) is 0 Å². The Morgan fingerprint density at radius 2 is 1.55 bits per heavy atom. The summed E-state index contributed by atoms with van der Waals surface area (Å²) in [5.41, 5.74) is 6.89. The van der Waals surface area contributed by atoms with Gasteiger partial charge in [-0.05, 0) is 41.3 Å². The number of benzene rings is 2. The van der Waals surface area contributed by atoms with E-state index in [1.54, 1.807) is 42.5 Å². The molecule has 7 nitrogen and oxygen atoms in total. The summed E-state index contributed by atoms with van der Waals surface area (Å²) < 4.78 is 0. The zero-order chi connectivity index (χ0) is 21.6. The molecule has 3 amide bonds. The van der Waals surface area contributed by atoms with Gasteiger partial charge < -0.3 is 5.32 Å². The van der Waals surface area contributed by atoms with Crippen molar-refractivity contribution in [2.45, 2.75) is 6.54 Å². The highest BCUT2D eigenvalue weighted by Crippen LogP contribution is 2.12. The number of carbonyl (C=O) groups is 3. The lowest BCUT2D eigenvalue weighted by atomic mass is 10.1. The first-order chi connectivity index (χ1) is 15.1. The maximum atomic E-state index is 12.3. The summed E-state index contributed by atoms with van der Waals surface area (Å²) in [5, 5.41) is 5.60. The Labute approximate surface area is 182 Å². The molecule has 2 aromatic heterocycles. The fourth-order valence-electron chi connectivity index (χ4n) is 2.89. The second-order valence-electron chi connectivity index (χ2n) is 6.65. The zero-order valence-electron chi connectivity index (χ0n) is 16.3. The van der Waals surface area contributed by atoms with E-state index in [4.69, 9.17) is 0 Å². The van der Waals surface area contributed by atoms with E-state index in [1.165, 1.54) is 11.3 Å². The highest BCUT2D eigenvalue weighted by molar-refractivity contribution is 7.12. The van der Waals surface area contributed by atoms with Gasteiger partial charge in [-0.2, -0.15) is 0 Å². The molecule has 0 spiro atoms. The molecule has 0 aliphatic rings. The minimum Gasteiger partial charge on any atom is -0.347 e. The average molecular weight is 430 g/mol. The lowest BCUT2D eigenvalue weighted by Crippen LogP contribution is -2.41. The third kappa shape index (κ3) is 4.93. The van der Waals surface area contributed by atoms with Gasteiger partial charge in [0, 0.05) is 17.5 Å². The Morgan fingerprint density at radius 1 is 0.774 bits per heavy atom. The molecule has 0 aliphatic heterocycles. The Balaban J connectivity index is 1.30. The molecule has 0 saturated carbocycles. The first-order valence-electron chi connectivity index (χ1n) is 9.47. The van der Waals surface area contributed by atoms with Crippen molar-refractivity contribution in [2.24, 2.45) is 0 Å². The van der Waals surface area contributed by atoms with Crippen molar-refractivity contribution in [3.8, 4) is 0 Å². The molecule has 0 aliphatic carbocycles. The third-order valence-corrected chi connectivity index (χ3v) is 5.40. The largest absolute Gasteiger partial charge is 0.347 e. The van der Waals surface area contributed by atoms with Gasteiger partial charge in [0.25, 0.3) is 17.7 Å². The van der Waals surface area contributed by atoms with Gasteiger partial charge in [-0.3, -0.25) is 25.2 Å². The van der Waals surface area contributed by atoms with E-state index in [-0.39, 0.29) is 11.6 Å². The average Bonchev–Trinajstić information content (AvgIpc) is 3.36. The standard InChI is InChI=1S/C23H18N4O3S/c28-21(26-27-22(29)19-12-11-16-4-1-2-5-18(16)25-19)17-9-7-15(8-10-17)14-24-23(30)20-6-3-13-31-20/h1-13H,14H2,(H,24,30)(H,26,28)(H,27,29). The number of nitrogens with zero attached hydrogens (tertiary/aromatic N) is 1. The number of pyridine rings is 1. The lowest BCUT2D eigenvalue weighted by Gasteiger charge is -2.09. The van der Waals surface area contributed by atoms with Crippen LogP contribution in [-0.4, -0.2) is 22.7 Å². The summed E-state index contributed by atoms with van der Waals surface area (Å²) >= 11 is 1.38. The Kier molecular flexibility index (Phi) is 6.00. The van der Waals surface area contributed by atoms with E-state index in [1.807, 2.05) is 35.7 Å².